The number of hydrogen-bond donors (Lipinski definition) is 1. The highest BCUT2D eigenvalue weighted by Gasteiger charge is 2.31. The number of hydrogen-bond acceptors (Lipinski definition) is 2. The van der Waals surface area contributed by atoms with Gasteiger partial charge in [-0.25, -0.2) is 0 Å². The van der Waals surface area contributed by atoms with E-state index in [-0.39, 0.29) is 0 Å². The Balaban J connectivity index is 1.72. The van der Waals surface area contributed by atoms with Crippen molar-refractivity contribution in [3.05, 3.63) is 0 Å². The normalized spacial score (nSPS) is 36.4. The van der Waals surface area contributed by atoms with Crippen molar-refractivity contribution in [3.8, 4) is 0 Å². The van der Waals surface area contributed by atoms with Crippen LogP contribution in [0, 0.1) is 11.3 Å². The maximum absolute atomic E-state index is 5.41. The van der Waals surface area contributed by atoms with Crippen molar-refractivity contribution in [1.82, 2.24) is 5.32 Å². The molecule has 0 aromatic rings. The quantitative estimate of drug-likeness (QED) is 0.749. The minimum absolute atomic E-state index is 0.494. The van der Waals surface area contributed by atoms with E-state index in [1.54, 1.807) is 0 Å². The summed E-state index contributed by atoms with van der Waals surface area (Å²) in [5.41, 5.74) is 0.494. The van der Waals surface area contributed by atoms with Crippen LogP contribution in [-0.4, -0.2) is 25.8 Å². The maximum Gasteiger partial charge on any atom is 0.0471 e. The Morgan fingerprint density at radius 1 is 1.29 bits per heavy atom. The van der Waals surface area contributed by atoms with Gasteiger partial charge in [0.1, 0.15) is 0 Å². The van der Waals surface area contributed by atoms with Gasteiger partial charge >= 0.3 is 0 Å². The highest BCUT2D eigenvalue weighted by molar-refractivity contribution is 4.87. The summed E-state index contributed by atoms with van der Waals surface area (Å²) in [6.45, 7) is 7.85. The van der Waals surface area contributed by atoms with Gasteiger partial charge in [-0.15, -0.1) is 0 Å². The summed E-state index contributed by atoms with van der Waals surface area (Å²) >= 11 is 0. The molecule has 0 radical (unpaired) electrons. The predicted molar refractivity (Wildman–Crippen MR) is 58.3 cm³/mol. The third-order valence-corrected chi connectivity index (χ3v) is 4.11. The highest BCUT2D eigenvalue weighted by Crippen LogP contribution is 2.31. The Kier molecular flexibility index (Phi) is 3.13. The molecule has 0 aromatic carbocycles. The molecule has 0 aromatic heterocycles. The van der Waals surface area contributed by atoms with E-state index in [9.17, 15) is 0 Å². The monoisotopic (exact) mass is 197 g/mol. The van der Waals surface area contributed by atoms with Gasteiger partial charge in [-0.1, -0.05) is 13.8 Å². The van der Waals surface area contributed by atoms with Crippen LogP contribution < -0.4 is 5.32 Å². The number of rotatable bonds is 3. The van der Waals surface area contributed by atoms with E-state index in [1.165, 1.54) is 32.2 Å². The largest absolute Gasteiger partial charge is 0.381 e. The van der Waals surface area contributed by atoms with Gasteiger partial charge in [0.05, 0.1) is 0 Å². The second kappa shape index (κ2) is 4.19. The smallest absolute Gasteiger partial charge is 0.0471 e. The predicted octanol–water partition coefficient (Wildman–Crippen LogP) is 2.19. The van der Waals surface area contributed by atoms with Crippen LogP contribution in [0.2, 0.25) is 0 Å². The van der Waals surface area contributed by atoms with Crippen LogP contribution in [0.4, 0.5) is 0 Å². The SMILES string of the molecule is CC1CCC1NCC1(C)CCOCC1. The summed E-state index contributed by atoms with van der Waals surface area (Å²) in [6, 6.07) is 0.801. The Hall–Kier alpha value is -0.0800. The first-order chi connectivity index (χ1) is 6.70. The Labute approximate surface area is 87.4 Å². The molecule has 0 spiro atoms. The molecule has 0 amide bonds. The summed E-state index contributed by atoms with van der Waals surface area (Å²) in [6.07, 6.45) is 5.24. The van der Waals surface area contributed by atoms with Crippen LogP contribution in [0.15, 0.2) is 0 Å². The lowest BCUT2D eigenvalue weighted by molar-refractivity contribution is 0.0198. The molecule has 2 fully saturated rings. The van der Waals surface area contributed by atoms with Crippen LogP contribution in [0.25, 0.3) is 0 Å². The van der Waals surface area contributed by atoms with Crippen molar-refractivity contribution < 1.29 is 4.74 Å². The highest BCUT2D eigenvalue weighted by atomic mass is 16.5. The third-order valence-electron chi connectivity index (χ3n) is 4.11. The second-order valence-electron chi connectivity index (χ2n) is 5.47. The molecule has 2 rings (SSSR count). The van der Waals surface area contributed by atoms with Crippen molar-refractivity contribution in [2.24, 2.45) is 11.3 Å². The summed E-state index contributed by atoms with van der Waals surface area (Å²) in [7, 11) is 0. The van der Waals surface area contributed by atoms with Crippen molar-refractivity contribution in [3.63, 3.8) is 0 Å². The Bertz CT molecular complexity index is 187. The van der Waals surface area contributed by atoms with E-state index in [2.05, 4.69) is 19.2 Å². The van der Waals surface area contributed by atoms with E-state index in [0.29, 0.717) is 5.41 Å². The summed E-state index contributed by atoms with van der Waals surface area (Å²) < 4.78 is 5.41. The first kappa shape index (κ1) is 10.4. The first-order valence-electron chi connectivity index (χ1n) is 6.01. The molecular formula is C12H23NO. The van der Waals surface area contributed by atoms with Gasteiger partial charge in [0.15, 0.2) is 0 Å². The Morgan fingerprint density at radius 2 is 2.00 bits per heavy atom. The molecule has 1 saturated carbocycles. The molecular weight excluding hydrogens is 174 g/mol. The fraction of sp³-hybridized carbons (Fsp3) is 1.00. The summed E-state index contributed by atoms with van der Waals surface area (Å²) in [4.78, 5) is 0. The van der Waals surface area contributed by atoms with E-state index < -0.39 is 0 Å². The minimum atomic E-state index is 0.494. The number of ether oxygens (including phenoxy) is 1. The zero-order valence-corrected chi connectivity index (χ0v) is 9.51. The lowest BCUT2D eigenvalue weighted by Gasteiger charge is -2.40. The van der Waals surface area contributed by atoms with Crippen molar-refractivity contribution in [1.29, 1.82) is 0 Å². The van der Waals surface area contributed by atoms with E-state index in [4.69, 9.17) is 4.74 Å². The lowest BCUT2D eigenvalue weighted by atomic mass is 9.78. The fourth-order valence-corrected chi connectivity index (χ4v) is 2.39. The molecule has 2 heteroatoms. The number of nitrogens with one attached hydrogen (secondary N) is 1. The summed E-state index contributed by atoms with van der Waals surface area (Å²) in [5, 5.41) is 3.72. The minimum Gasteiger partial charge on any atom is -0.381 e. The lowest BCUT2D eigenvalue weighted by Crippen LogP contribution is -2.47. The average Bonchev–Trinajstić information content (AvgIpc) is 2.17. The van der Waals surface area contributed by atoms with Crippen LogP contribution >= 0.6 is 0 Å². The van der Waals surface area contributed by atoms with Crippen LogP contribution in [0.3, 0.4) is 0 Å². The van der Waals surface area contributed by atoms with Crippen LogP contribution in [0.1, 0.15) is 39.5 Å². The van der Waals surface area contributed by atoms with Crippen molar-refractivity contribution in [2.75, 3.05) is 19.8 Å². The van der Waals surface area contributed by atoms with Crippen LogP contribution in [0.5, 0.6) is 0 Å². The van der Waals surface area contributed by atoms with Gasteiger partial charge in [0.2, 0.25) is 0 Å². The fourth-order valence-electron chi connectivity index (χ4n) is 2.39. The van der Waals surface area contributed by atoms with E-state index in [0.717, 1.165) is 25.2 Å². The average molecular weight is 197 g/mol. The zero-order valence-electron chi connectivity index (χ0n) is 9.51. The standard InChI is InChI=1S/C12H23NO/c1-10-3-4-11(10)13-9-12(2)5-7-14-8-6-12/h10-11,13H,3-9H2,1-2H3. The van der Waals surface area contributed by atoms with Gasteiger partial charge in [-0.05, 0) is 37.0 Å². The topological polar surface area (TPSA) is 21.3 Å². The van der Waals surface area contributed by atoms with Gasteiger partial charge in [0.25, 0.3) is 0 Å². The maximum atomic E-state index is 5.41. The molecule has 14 heavy (non-hydrogen) atoms. The molecule has 1 aliphatic heterocycles. The van der Waals surface area contributed by atoms with Gasteiger partial charge in [-0.3, -0.25) is 0 Å². The summed E-state index contributed by atoms with van der Waals surface area (Å²) in [5.74, 6) is 0.901. The molecule has 2 nitrogen and oxygen atoms in total. The van der Waals surface area contributed by atoms with Gasteiger partial charge < -0.3 is 10.1 Å². The molecule has 82 valence electrons. The molecule has 1 N–H and O–H groups in total. The van der Waals surface area contributed by atoms with Crippen molar-refractivity contribution in [2.45, 2.75) is 45.6 Å². The van der Waals surface area contributed by atoms with Gasteiger partial charge in [-0.2, -0.15) is 0 Å². The molecule has 1 aliphatic carbocycles. The van der Waals surface area contributed by atoms with Crippen LogP contribution in [-0.2, 0) is 4.74 Å². The van der Waals surface area contributed by atoms with E-state index in [1.807, 2.05) is 0 Å². The second-order valence-corrected chi connectivity index (χ2v) is 5.47. The molecule has 2 unspecified atom stereocenters. The molecule has 0 bridgehead atoms. The Morgan fingerprint density at radius 3 is 2.50 bits per heavy atom. The van der Waals surface area contributed by atoms with Crippen molar-refractivity contribution >= 4 is 0 Å². The molecule has 2 aliphatic rings. The molecule has 1 heterocycles. The zero-order chi connectivity index (χ0) is 10.0. The molecule has 1 saturated heterocycles. The first-order valence-corrected chi connectivity index (χ1v) is 6.01. The van der Waals surface area contributed by atoms with Gasteiger partial charge in [0, 0.05) is 25.8 Å². The van der Waals surface area contributed by atoms with E-state index >= 15 is 0 Å². The molecule has 2 atom stereocenters. The third kappa shape index (κ3) is 2.29.